The first kappa shape index (κ1) is 12.6. The van der Waals surface area contributed by atoms with E-state index >= 15 is 0 Å². The summed E-state index contributed by atoms with van der Waals surface area (Å²) in [6.45, 7) is -8.33. The molecule has 0 fully saturated rings. The molecule has 2 aliphatic carbocycles. The van der Waals surface area contributed by atoms with Gasteiger partial charge in [-0.25, -0.2) is 0 Å². The molecule has 0 N–H and O–H groups in total. The second-order valence-corrected chi connectivity index (χ2v) is 12.9. The zero-order valence-electron chi connectivity index (χ0n) is 70.6. The van der Waals surface area contributed by atoms with Gasteiger partial charge in [0.2, 0.25) is 0 Å². The molecule has 0 unspecified atom stereocenters. The predicted molar refractivity (Wildman–Crippen MR) is 247 cm³/mol. The number of nitrogens with zero attached hydrogens (tertiary/aromatic N) is 1. The topological polar surface area (TPSA) is 3.24 Å². The van der Waals surface area contributed by atoms with Gasteiger partial charge in [-0.15, -0.1) is 0 Å². The van der Waals surface area contributed by atoms with E-state index in [2.05, 4.69) is 0 Å². The summed E-state index contributed by atoms with van der Waals surface area (Å²) in [7, 11) is 0. The first-order valence-corrected chi connectivity index (χ1v) is 17.3. The highest BCUT2D eigenvalue weighted by Gasteiger charge is 2.47. The van der Waals surface area contributed by atoms with Crippen molar-refractivity contribution >= 4 is 17.1 Å². The molecule has 0 radical (unpaired) electrons. The third-order valence-corrected chi connectivity index (χ3v) is 9.97. The molecule has 1 nitrogen and oxygen atoms in total. The Labute approximate surface area is 405 Å². The Morgan fingerprint density at radius 2 is 0.898 bits per heavy atom. The van der Waals surface area contributed by atoms with Crippen LogP contribution < -0.4 is 4.90 Å². The lowest BCUT2D eigenvalue weighted by atomic mass is 9.67. The molecule has 59 heavy (non-hydrogen) atoms. The van der Waals surface area contributed by atoms with Gasteiger partial charge in [-0.05, 0) is 90.9 Å². The van der Waals surface area contributed by atoms with E-state index in [4.69, 9.17) is 27.4 Å². The monoisotopic (exact) mass is 795 g/mol. The Hall–Kier alpha value is -7.22. The summed E-state index contributed by atoms with van der Waals surface area (Å²) in [5, 5.41) is 0. The van der Waals surface area contributed by atoms with Crippen molar-refractivity contribution in [3.05, 3.63) is 257 Å². The van der Waals surface area contributed by atoms with E-state index in [1.165, 1.54) is 0 Å². The highest BCUT2D eigenvalue weighted by molar-refractivity contribution is 6.02. The molecule has 1 heteroatoms. The van der Waals surface area contributed by atoms with Crippen molar-refractivity contribution in [2.75, 3.05) is 4.90 Å². The van der Waals surface area contributed by atoms with Gasteiger partial charge < -0.3 is 4.90 Å². The van der Waals surface area contributed by atoms with E-state index in [1.807, 2.05) is 0 Å². The van der Waals surface area contributed by atoms with Crippen LogP contribution in [0.1, 0.15) is 103 Å². The third kappa shape index (κ3) is 5.25. The van der Waals surface area contributed by atoms with Crippen molar-refractivity contribution in [2.24, 2.45) is 0 Å². The van der Waals surface area contributed by atoms with E-state index in [9.17, 15) is 28.8 Å². The van der Waals surface area contributed by atoms with E-state index in [-0.39, 0.29) is 4.90 Å². The Balaban J connectivity index is 1.50. The maximum atomic E-state index is 10.2. The number of hydrogen-bond acceptors (Lipinski definition) is 1. The number of hydrogen-bond donors (Lipinski definition) is 0. The lowest BCUT2D eigenvalue weighted by Gasteiger charge is -2.34. The van der Waals surface area contributed by atoms with Gasteiger partial charge in [0, 0.05) is 30.5 Å². The first-order valence-electron chi connectivity index (χ1n) is 37.8. The largest absolute Gasteiger partial charge is 0.309 e. The quantitative estimate of drug-likeness (QED) is 0.155. The highest BCUT2D eigenvalue weighted by Crippen LogP contribution is 2.60. The zero-order chi connectivity index (χ0) is 75.0. The van der Waals surface area contributed by atoms with Crippen molar-refractivity contribution in [1.29, 1.82) is 0 Å². The van der Waals surface area contributed by atoms with Gasteiger partial charge in [0.15, 0.2) is 0 Å². The summed E-state index contributed by atoms with van der Waals surface area (Å²) in [6, 6.07) is -43.5. The van der Waals surface area contributed by atoms with Gasteiger partial charge in [-0.1, -0.05) is 213 Å². The summed E-state index contributed by atoms with van der Waals surface area (Å²) >= 11 is 0. The first-order chi connectivity index (χ1) is 46.1. The summed E-state index contributed by atoms with van der Waals surface area (Å²) in [5.41, 5.74) is -27.5. The van der Waals surface area contributed by atoms with Gasteiger partial charge in [-0.3, -0.25) is 0 Å². The van der Waals surface area contributed by atoms with E-state index in [0.717, 1.165) is 0 Å². The van der Waals surface area contributed by atoms with Crippen LogP contribution in [0.3, 0.4) is 0 Å². The molecule has 280 valence electrons. The Morgan fingerprint density at radius 3 is 1.63 bits per heavy atom. The van der Waals surface area contributed by atoms with Crippen molar-refractivity contribution in [2.45, 2.75) is 24.5 Å². The van der Waals surface area contributed by atoms with Gasteiger partial charge in [0.1, 0.15) is 0 Å². The summed E-state index contributed by atoms with van der Waals surface area (Å²) in [6.07, 6.45) is 0. The molecule has 9 aromatic rings. The molecular formula is C58H43N. The van der Waals surface area contributed by atoms with Gasteiger partial charge in [-0.2, -0.15) is 0 Å². The van der Waals surface area contributed by atoms with Crippen molar-refractivity contribution < 1.29 is 56.2 Å². The van der Waals surface area contributed by atoms with Crippen molar-refractivity contribution in [3.63, 3.8) is 0 Å². The molecule has 0 atom stereocenters. The van der Waals surface area contributed by atoms with Crippen LogP contribution in [0.15, 0.2) is 224 Å². The van der Waals surface area contributed by atoms with Crippen LogP contribution in [-0.2, 0) is 10.8 Å². The molecule has 11 rings (SSSR count). The smallest absolute Gasteiger partial charge is 0.0713 e. The summed E-state index contributed by atoms with van der Waals surface area (Å²) in [4.78, 5) is 0.184. The van der Waals surface area contributed by atoms with Crippen molar-refractivity contribution in [3.8, 4) is 44.5 Å². The number of anilines is 3. The minimum absolute atomic E-state index is 0.184. The maximum absolute atomic E-state index is 10.2. The predicted octanol–water partition coefficient (Wildman–Crippen LogP) is 15.2. The maximum Gasteiger partial charge on any atom is 0.0713 e. The molecule has 0 saturated heterocycles. The SMILES string of the molecule is [2H]c1cc2c(c([2H])c1[2H])-c1c(-c3cc([2H])c([2H])c([2H])c3N(c3c([2H])c([2H])c(-c4c([2H])c([2H])c([2H])c([2H])c4[2H])c([2H])c3[2H])c3c([2H])c([2H])c([2H])c4c3-c3c([2H])c([2H])c([2H])c([2H])c3C4(C([2H])([2H])[2H])C([2H])([2H])[2H])c([2H])c([2H])c([2H])c1C2(c1c([2H])c([2H])c([2H])c([2H])c1[2H])c1c([2H])c([2H])c([2H])c([2H])c1[2H]. The van der Waals surface area contributed by atoms with Crippen LogP contribution in [0.25, 0.3) is 44.5 Å². The number of rotatable bonds is 7. The molecule has 0 bridgehead atoms. The second-order valence-electron chi connectivity index (χ2n) is 12.9. The highest BCUT2D eigenvalue weighted by atomic mass is 15.1. The molecular weight excluding hydrogens is 711 g/mol. The molecule has 0 saturated carbocycles. The molecule has 0 spiro atoms. The molecule has 0 aliphatic heterocycles. The average Bonchev–Trinajstić information content (AvgIpc) is 1.49. The van der Waals surface area contributed by atoms with Crippen molar-refractivity contribution in [1.82, 2.24) is 0 Å². The fourth-order valence-corrected chi connectivity index (χ4v) is 7.59. The van der Waals surface area contributed by atoms with Crippen LogP contribution in [0.4, 0.5) is 17.1 Å². The van der Waals surface area contributed by atoms with Crippen LogP contribution >= 0.6 is 0 Å². The molecule has 0 amide bonds. The molecule has 2 aliphatic rings. The summed E-state index contributed by atoms with van der Waals surface area (Å²) in [5.74, 6) is 0. The number of para-hydroxylation sites is 1. The Bertz CT molecular complexity index is 5100. The van der Waals surface area contributed by atoms with Gasteiger partial charge in [0.25, 0.3) is 0 Å². The second kappa shape index (κ2) is 13.7. The molecule has 0 heterocycles. The molecule has 0 aromatic heterocycles. The van der Waals surface area contributed by atoms with E-state index < -0.39 is 331 Å². The fraction of sp³-hybridized carbons (Fsp3) is 0.0690. The minimum atomic E-state index is -4.17. The minimum Gasteiger partial charge on any atom is -0.309 e. The van der Waals surface area contributed by atoms with E-state index in [1.54, 1.807) is 0 Å². The number of fused-ring (bicyclic) bond motifs is 6. The van der Waals surface area contributed by atoms with Crippen LogP contribution in [0, 0.1) is 0 Å². The van der Waals surface area contributed by atoms with Crippen LogP contribution in [-0.4, -0.2) is 0 Å². The summed E-state index contributed by atoms with van der Waals surface area (Å²) < 4.78 is 382. The van der Waals surface area contributed by atoms with Crippen LogP contribution in [0.2, 0.25) is 0 Å². The van der Waals surface area contributed by atoms with E-state index in [0.29, 0.717) is 12.1 Å². The normalized spacial score (nSPS) is 24.1. The zero-order valence-corrected chi connectivity index (χ0v) is 29.6. The average molecular weight is 795 g/mol. The number of benzene rings is 9. The standard InChI is InChI=1S/C58H43N/c1-57(2)49-30-15-12-27-47(49)56-51(57)32-19-35-54(56)59(44-38-36-41(37-39-44)40-20-6-3-7-21-40)53-34-17-14-26-45(53)46-29-18-33-52-55(46)48-28-13-16-31-50(48)58(52,42-22-8-4-9-23-42)43-24-10-5-11-25-43/h3-39H,1-2H3/i1D3,2D3,3D,4D,5D,6D,7D,8D,9D,10D,11D,12D,13D,14D,15D,16D,17D,18D,19D,20D,21D,22D,23D,24D,25D,27D,28D,29D,30D,32D,33D,34D,35D,36D,37D,38D,39D. The third-order valence-electron chi connectivity index (χ3n) is 9.97. The lowest BCUT2D eigenvalue weighted by molar-refractivity contribution is 0.660. The molecule has 9 aromatic carbocycles. The van der Waals surface area contributed by atoms with Crippen LogP contribution in [0.5, 0.6) is 0 Å². The van der Waals surface area contributed by atoms with Gasteiger partial charge >= 0.3 is 0 Å². The Kier molecular flexibility index (Phi) is 2.94. The Morgan fingerprint density at radius 1 is 0.373 bits per heavy atom. The van der Waals surface area contributed by atoms with Gasteiger partial charge in [0.05, 0.1) is 64.8 Å². The fourth-order valence-electron chi connectivity index (χ4n) is 7.59. The lowest BCUT2D eigenvalue weighted by Crippen LogP contribution is -2.28.